The van der Waals surface area contributed by atoms with E-state index in [1.165, 1.54) is 18.3 Å². The Labute approximate surface area is 162 Å². The number of carboxylic acids is 1. The van der Waals surface area contributed by atoms with E-state index in [9.17, 15) is 14.7 Å². The summed E-state index contributed by atoms with van der Waals surface area (Å²) >= 11 is 0. The summed E-state index contributed by atoms with van der Waals surface area (Å²) in [4.78, 5) is 35.1. The normalized spacial score (nSPS) is 16.8. The largest absolute Gasteiger partial charge is 0.478 e. The average molecular weight is 378 g/mol. The van der Waals surface area contributed by atoms with Gasteiger partial charge >= 0.3 is 5.97 Å². The van der Waals surface area contributed by atoms with Crippen LogP contribution in [-0.2, 0) is 0 Å². The zero-order valence-corrected chi connectivity index (χ0v) is 15.9. The van der Waals surface area contributed by atoms with Gasteiger partial charge in [-0.25, -0.2) is 9.78 Å². The van der Waals surface area contributed by atoms with Gasteiger partial charge in [0, 0.05) is 18.8 Å². The second-order valence-corrected chi connectivity index (χ2v) is 7.31. The molecule has 1 N–H and O–H groups in total. The first-order valence-corrected chi connectivity index (χ1v) is 9.44. The van der Waals surface area contributed by atoms with Gasteiger partial charge in [-0.05, 0) is 51.0 Å². The van der Waals surface area contributed by atoms with E-state index in [1.54, 1.807) is 4.90 Å². The quantitative estimate of drug-likeness (QED) is 0.748. The number of nitrogens with zero attached hydrogens (tertiary/aromatic N) is 4. The number of carbonyl (C=O) groups is 2. The van der Waals surface area contributed by atoms with Crippen LogP contribution in [0.1, 0.15) is 65.4 Å². The molecule has 1 fully saturated rings. The zero-order chi connectivity index (χ0) is 19.8. The molecule has 1 unspecified atom stereocenters. The Morgan fingerprint density at radius 3 is 2.75 bits per heavy atom. The molecule has 1 aliphatic rings. The van der Waals surface area contributed by atoms with E-state index in [1.807, 2.05) is 24.3 Å². The van der Waals surface area contributed by atoms with Crippen LogP contribution >= 0.6 is 0 Å². The highest BCUT2D eigenvalue weighted by atomic mass is 16.4. The topological polar surface area (TPSA) is 88.3 Å². The summed E-state index contributed by atoms with van der Waals surface area (Å²) in [5.74, 6) is -0.458. The van der Waals surface area contributed by atoms with E-state index in [2.05, 4.69) is 23.4 Å². The lowest BCUT2D eigenvalue weighted by Gasteiger charge is -2.26. The maximum atomic E-state index is 13.1. The second kappa shape index (κ2) is 7.07. The highest BCUT2D eigenvalue weighted by molar-refractivity contribution is 5.96. The van der Waals surface area contributed by atoms with Gasteiger partial charge in [0.2, 0.25) is 0 Å². The van der Waals surface area contributed by atoms with E-state index >= 15 is 0 Å². The molecule has 4 rings (SSSR count). The van der Waals surface area contributed by atoms with E-state index in [-0.39, 0.29) is 29.2 Å². The molecular weight excluding hydrogens is 356 g/mol. The van der Waals surface area contributed by atoms with Crippen molar-refractivity contribution in [1.29, 1.82) is 0 Å². The summed E-state index contributed by atoms with van der Waals surface area (Å²) in [5.41, 5.74) is 2.18. The van der Waals surface area contributed by atoms with E-state index in [0.717, 1.165) is 29.7 Å². The number of fused-ring (bicyclic) bond motifs is 1. The molecule has 28 heavy (non-hydrogen) atoms. The van der Waals surface area contributed by atoms with Gasteiger partial charge < -0.3 is 14.6 Å². The SMILES string of the molecule is CC(C)n1c(C2CCCN2C(=O)c2cc(C(=O)O)ccn2)nc2ccccc21. The lowest BCUT2D eigenvalue weighted by molar-refractivity contribution is 0.0696. The van der Waals surface area contributed by atoms with Crippen molar-refractivity contribution in [2.45, 2.75) is 38.8 Å². The zero-order valence-electron chi connectivity index (χ0n) is 15.9. The monoisotopic (exact) mass is 378 g/mol. The van der Waals surface area contributed by atoms with Gasteiger partial charge in [0.15, 0.2) is 0 Å². The Morgan fingerprint density at radius 1 is 1.21 bits per heavy atom. The number of benzene rings is 1. The van der Waals surface area contributed by atoms with Crippen molar-refractivity contribution >= 4 is 22.9 Å². The highest BCUT2D eigenvalue weighted by Gasteiger charge is 2.35. The number of carboxylic acid groups (broad SMARTS) is 1. The van der Waals surface area contributed by atoms with Crippen LogP contribution in [0, 0.1) is 0 Å². The number of hydrogen-bond donors (Lipinski definition) is 1. The Balaban J connectivity index is 1.74. The molecule has 3 aromatic rings. The van der Waals surface area contributed by atoms with Crippen molar-refractivity contribution in [2.75, 3.05) is 6.54 Å². The van der Waals surface area contributed by atoms with Gasteiger partial charge in [-0.2, -0.15) is 0 Å². The molecule has 0 spiro atoms. The molecule has 144 valence electrons. The number of carbonyl (C=O) groups excluding carboxylic acids is 1. The summed E-state index contributed by atoms with van der Waals surface area (Å²) in [5, 5.41) is 9.20. The summed E-state index contributed by atoms with van der Waals surface area (Å²) < 4.78 is 2.19. The minimum Gasteiger partial charge on any atom is -0.478 e. The molecule has 0 bridgehead atoms. The number of rotatable bonds is 4. The molecule has 1 aromatic carbocycles. The van der Waals surface area contributed by atoms with E-state index < -0.39 is 5.97 Å². The maximum Gasteiger partial charge on any atom is 0.335 e. The summed E-state index contributed by atoms with van der Waals surface area (Å²) in [6.45, 7) is 4.82. The number of aromatic nitrogens is 3. The van der Waals surface area contributed by atoms with Crippen LogP contribution < -0.4 is 0 Å². The van der Waals surface area contributed by atoms with Crippen LogP contribution in [0.15, 0.2) is 42.6 Å². The Hall–Kier alpha value is -3.22. The van der Waals surface area contributed by atoms with E-state index in [0.29, 0.717) is 6.54 Å². The predicted molar refractivity (Wildman–Crippen MR) is 104 cm³/mol. The summed E-state index contributed by atoms with van der Waals surface area (Å²) in [7, 11) is 0. The van der Waals surface area contributed by atoms with Gasteiger partial charge in [0.05, 0.1) is 22.6 Å². The van der Waals surface area contributed by atoms with Crippen LogP contribution in [0.4, 0.5) is 0 Å². The first kappa shape index (κ1) is 18.2. The fraction of sp³-hybridized carbons (Fsp3) is 0.333. The number of pyridine rings is 1. The smallest absolute Gasteiger partial charge is 0.335 e. The van der Waals surface area contributed by atoms with Gasteiger partial charge in [-0.1, -0.05) is 12.1 Å². The molecule has 1 atom stereocenters. The molecule has 2 aromatic heterocycles. The molecule has 0 radical (unpaired) electrons. The molecule has 7 heteroatoms. The average Bonchev–Trinajstić information content (AvgIpc) is 3.31. The van der Waals surface area contributed by atoms with Crippen LogP contribution in [0.2, 0.25) is 0 Å². The van der Waals surface area contributed by atoms with E-state index in [4.69, 9.17) is 4.98 Å². The molecule has 7 nitrogen and oxygen atoms in total. The van der Waals surface area contributed by atoms with Gasteiger partial charge in [-0.3, -0.25) is 9.78 Å². The Morgan fingerprint density at radius 2 is 2.00 bits per heavy atom. The molecule has 1 saturated heterocycles. The second-order valence-electron chi connectivity index (χ2n) is 7.31. The number of imidazole rings is 1. The number of amides is 1. The minimum absolute atomic E-state index is 0.0588. The lowest BCUT2D eigenvalue weighted by atomic mass is 10.1. The third-order valence-corrected chi connectivity index (χ3v) is 5.18. The first-order chi connectivity index (χ1) is 13.5. The number of aromatic carboxylic acids is 1. The number of hydrogen-bond acceptors (Lipinski definition) is 4. The fourth-order valence-corrected chi connectivity index (χ4v) is 3.95. The first-order valence-electron chi connectivity index (χ1n) is 9.44. The molecule has 1 aliphatic heterocycles. The Kier molecular flexibility index (Phi) is 4.58. The molecule has 1 amide bonds. The summed E-state index contributed by atoms with van der Waals surface area (Å²) in [6, 6.07) is 10.8. The van der Waals surface area contributed by atoms with Crippen molar-refractivity contribution in [3.63, 3.8) is 0 Å². The highest BCUT2D eigenvalue weighted by Crippen LogP contribution is 2.35. The van der Waals surface area contributed by atoms with Crippen LogP contribution in [0.5, 0.6) is 0 Å². The molecule has 3 heterocycles. The minimum atomic E-state index is -1.07. The van der Waals surface area contributed by atoms with Crippen molar-refractivity contribution < 1.29 is 14.7 Å². The van der Waals surface area contributed by atoms with Gasteiger partial charge in [0.1, 0.15) is 11.5 Å². The van der Waals surface area contributed by atoms with Crippen LogP contribution in [-0.4, -0.2) is 43.0 Å². The molecule has 0 saturated carbocycles. The van der Waals surface area contributed by atoms with Crippen molar-refractivity contribution in [2.24, 2.45) is 0 Å². The van der Waals surface area contributed by atoms with Gasteiger partial charge in [-0.15, -0.1) is 0 Å². The maximum absolute atomic E-state index is 13.1. The third kappa shape index (κ3) is 3.02. The molecule has 0 aliphatic carbocycles. The van der Waals surface area contributed by atoms with Crippen molar-refractivity contribution in [1.82, 2.24) is 19.4 Å². The lowest BCUT2D eigenvalue weighted by Crippen LogP contribution is -2.33. The van der Waals surface area contributed by atoms with Crippen molar-refractivity contribution in [3.05, 3.63) is 59.7 Å². The fourth-order valence-electron chi connectivity index (χ4n) is 3.95. The molecular formula is C21H22N4O3. The third-order valence-electron chi connectivity index (χ3n) is 5.18. The van der Waals surface area contributed by atoms with Crippen molar-refractivity contribution in [3.8, 4) is 0 Å². The van der Waals surface area contributed by atoms with Crippen LogP contribution in [0.3, 0.4) is 0 Å². The number of likely N-dealkylation sites (tertiary alicyclic amines) is 1. The Bertz CT molecular complexity index is 1060. The summed E-state index contributed by atoms with van der Waals surface area (Å²) in [6.07, 6.45) is 3.06. The standard InChI is InChI=1S/C21H22N4O3/c1-13(2)25-17-7-4-3-6-15(17)23-19(25)18-8-5-11-24(18)20(26)16-12-14(21(27)28)9-10-22-16/h3-4,6-7,9-10,12-13,18H,5,8,11H2,1-2H3,(H,27,28). The number of para-hydroxylation sites is 2. The van der Waals surface area contributed by atoms with Gasteiger partial charge in [0.25, 0.3) is 5.91 Å². The predicted octanol–water partition coefficient (Wildman–Crippen LogP) is 3.69. The van der Waals surface area contributed by atoms with Crippen LogP contribution in [0.25, 0.3) is 11.0 Å².